The average Bonchev–Trinajstić information content (AvgIpc) is 2.92. The summed E-state index contributed by atoms with van der Waals surface area (Å²) in [5.74, 6) is 0.705. The van der Waals surface area contributed by atoms with Gasteiger partial charge in [0.2, 0.25) is 0 Å². The van der Waals surface area contributed by atoms with Crippen molar-refractivity contribution in [1.82, 2.24) is 15.2 Å². The highest BCUT2D eigenvalue weighted by Crippen LogP contribution is 2.33. The molecule has 1 unspecified atom stereocenters. The zero-order chi connectivity index (χ0) is 14.0. The van der Waals surface area contributed by atoms with Gasteiger partial charge in [-0.1, -0.05) is 33.1 Å². The Balaban J connectivity index is 1.73. The molecule has 1 atom stereocenters. The Bertz CT molecular complexity index is 409. The highest BCUT2D eigenvalue weighted by molar-refractivity contribution is 7.09. The van der Waals surface area contributed by atoms with Crippen LogP contribution in [0.1, 0.15) is 50.8 Å². The number of rotatable bonds is 3. The smallest absolute Gasteiger partial charge is 0.0794 e. The molecule has 1 saturated carbocycles. The lowest BCUT2D eigenvalue weighted by molar-refractivity contribution is 0.0315. The Kier molecular flexibility index (Phi) is 4.43. The molecule has 1 aliphatic heterocycles. The van der Waals surface area contributed by atoms with E-state index in [0.29, 0.717) is 17.5 Å². The molecule has 4 heteroatoms. The largest absolute Gasteiger partial charge is 0.308 e. The minimum absolute atomic E-state index is 0.397. The normalized spacial score (nSPS) is 27.2. The van der Waals surface area contributed by atoms with Crippen LogP contribution in [0.25, 0.3) is 0 Å². The van der Waals surface area contributed by atoms with E-state index in [1.807, 2.05) is 11.7 Å². The van der Waals surface area contributed by atoms with E-state index in [1.54, 1.807) is 11.3 Å². The Morgan fingerprint density at radius 1 is 1.40 bits per heavy atom. The number of piperazine rings is 1. The third-order valence-corrected chi connectivity index (χ3v) is 5.85. The molecule has 1 N–H and O–H groups in total. The van der Waals surface area contributed by atoms with Crippen molar-refractivity contribution in [2.75, 3.05) is 13.1 Å². The third-order valence-electron chi connectivity index (χ3n) is 5.08. The summed E-state index contributed by atoms with van der Waals surface area (Å²) in [6, 6.07) is 0.657. The first-order valence-electron chi connectivity index (χ1n) is 8.05. The van der Waals surface area contributed by atoms with Gasteiger partial charge in [-0.25, -0.2) is 0 Å². The van der Waals surface area contributed by atoms with Crippen LogP contribution in [0.3, 0.4) is 0 Å². The number of hydrogen-bond acceptors (Lipinski definition) is 4. The summed E-state index contributed by atoms with van der Waals surface area (Å²) in [6.45, 7) is 8.15. The number of nitrogens with one attached hydrogen (secondary N) is 1. The SMILES string of the molecule is CC(C)C1CNC2(CCCCC2)CN1Cc1cncs1. The van der Waals surface area contributed by atoms with Gasteiger partial charge in [0.25, 0.3) is 0 Å². The first-order valence-corrected chi connectivity index (χ1v) is 8.93. The molecule has 0 bridgehead atoms. The zero-order valence-corrected chi connectivity index (χ0v) is 13.6. The molecule has 20 heavy (non-hydrogen) atoms. The van der Waals surface area contributed by atoms with Gasteiger partial charge in [-0.2, -0.15) is 0 Å². The van der Waals surface area contributed by atoms with Crippen LogP contribution in [0.4, 0.5) is 0 Å². The number of aromatic nitrogens is 1. The van der Waals surface area contributed by atoms with Gasteiger partial charge in [-0.3, -0.25) is 9.88 Å². The molecule has 2 aliphatic rings. The van der Waals surface area contributed by atoms with Gasteiger partial charge in [-0.05, 0) is 18.8 Å². The fraction of sp³-hybridized carbons (Fsp3) is 0.812. The highest BCUT2D eigenvalue weighted by atomic mass is 32.1. The lowest BCUT2D eigenvalue weighted by atomic mass is 9.78. The summed E-state index contributed by atoms with van der Waals surface area (Å²) in [5, 5.41) is 3.92. The van der Waals surface area contributed by atoms with E-state index in [0.717, 1.165) is 13.1 Å². The Morgan fingerprint density at radius 2 is 2.20 bits per heavy atom. The van der Waals surface area contributed by atoms with Crippen molar-refractivity contribution < 1.29 is 0 Å². The second-order valence-corrected chi connectivity index (χ2v) is 7.88. The first-order chi connectivity index (χ1) is 9.69. The average molecular weight is 293 g/mol. The van der Waals surface area contributed by atoms with Crippen molar-refractivity contribution in [1.29, 1.82) is 0 Å². The molecule has 112 valence electrons. The van der Waals surface area contributed by atoms with Crippen LogP contribution in [-0.2, 0) is 6.54 Å². The fourth-order valence-electron chi connectivity index (χ4n) is 3.93. The molecule has 3 rings (SSSR count). The van der Waals surface area contributed by atoms with Crippen molar-refractivity contribution in [3.8, 4) is 0 Å². The quantitative estimate of drug-likeness (QED) is 0.927. The van der Waals surface area contributed by atoms with Crippen molar-refractivity contribution >= 4 is 11.3 Å². The summed E-state index contributed by atoms with van der Waals surface area (Å²) in [7, 11) is 0. The minimum Gasteiger partial charge on any atom is -0.308 e. The van der Waals surface area contributed by atoms with Gasteiger partial charge < -0.3 is 5.32 Å². The van der Waals surface area contributed by atoms with Crippen molar-refractivity contribution in [3.05, 3.63) is 16.6 Å². The molecule has 0 aromatic carbocycles. The maximum absolute atomic E-state index is 4.24. The van der Waals surface area contributed by atoms with Crippen molar-refractivity contribution in [2.45, 2.75) is 64.1 Å². The van der Waals surface area contributed by atoms with Gasteiger partial charge in [0.1, 0.15) is 0 Å². The Labute approximate surface area is 126 Å². The maximum Gasteiger partial charge on any atom is 0.0794 e. The fourth-order valence-corrected chi connectivity index (χ4v) is 4.55. The number of nitrogens with zero attached hydrogens (tertiary/aromatic N) is 2. The van der Waals surface area contributed by atoms with Gasteiger partial charge in [-0.15, -0.1) is 11.3 Å². The predicted octanol–water partition coefficient (Wildman–Crippen LogP) is 3.28. The summed E-state index contributed by atoms with van der Waals surface area (Å²) in [4.78, 5) is 8.37. The van der Waals surface area contributed by atoms with E-state index in [9.17, 15) is 0 Å². The lowest BCUT2D eigenvalue weighted by Crippen LogP contribution is -2.65. The van der Waals surface area contributed by atoms with E-state index in [2.05, 4.69) is 29.0 Å². The second-order valence-electron chi connectivity index (χ2n) is 6.91. The minimum atomic E-state index is 0.397. The Morgan fingerprint density at radius 3 is 2.85 bits per heavy atom. The van der Waals surface area contributed by atoms with Crippen LogP contribution in [0.2, 0.25) is 0 Å². The number of hydrogen-bond donors (Lipinski definition) is 1. The van der Waals surface area contributed by atoms with Crippen LogP contribution < -0.4 is 5.32 Å². The molecule has 1 aromatic rings. The van der Waals surface area contributed by atoms with Crippen LogP contribution in [0, 0.1) is 5.92 Å². The molecule has 2 heterocycles. The van der Waals surface area contributed by atoms with Crippen LogP contribution in [0.5, 0.6) is 0 Å². The zero-order valence-electron chi connectivity index (χ0n) is 12.8. The van der Waals surface area contributed by atoms with Gasteiger partial charge in [0, 0.05) is 42.3 Å². The van der Waals surface area contributed by atoms with Gasteiger partial charge in [0.15, 0.2) is 0 Å². The predicted molar refractivity (Wildman–Crippen MR) is 85.0 cm³/mol. The molecule has 1 aromatic heterocycles. The Hall–Kier alpha value is -0.450. The molecular weight excluding hydrogens is 266 g/mol. The lowest BCUT2D eigenvalue weighted by Gasteiger charge is -2.50. The van der Waals surface area contributed by atoms with Crippen molar-refractivity contribution in [2.24, 2.45) is 5.92 Å². The monoisotopic (exact) mass is 293 g/mol. The summed E-state index contributed by atoms with van der Waals surface area (Å²) in [5.41, 5.74) is 2.35. The van der Waals surface area contributed by atoms with Gasteiger partial charge >= 0.3 is 0 Å². The van der Waals surface area contributed by atoms with E-state index < -0.39 is 0 Å². The van der Waals surface area contributed by atoms with Gasteiger partial charge in [0.05, 0.1) is 5.51 Å². The second kappa shape index (κ2) is 6.12. The molecule has 3 nitrogen and oxygen atoms in total. The molecular formula is C16H27N3S. The molecule has 1 aliphatic carbocycles. The summed E-state index contributed by atoms with van der Waals surface area (Å²) < 4.78 is 0. The van der Waals surface area contributed by atoms with E-state index in [-0.39, 0.29) is 0 Å². The summed E-state index contributed by atoms with van der Waals surface area (Å²) in [6.07, 6.45) is 8.97. The molecule has 1 saturated heterocycles. The number of thiazole rings is 1. The van der Waals surface area contributed by atoms with Crippen LogP contribution in [-0.4, -0.2) is 34.6 Å². The molecule has 0 amide bonds. The van der Waals surface area contributed by atoms with E-state index >= 15 is 0 Å². The van der Waals surface area contributed by atoms with Crippen LogP contribution >= 0.6 is 11.3 Å². The van der Waals surface area contributed by atoms with E-state index in [4.69, 9.17) is 0 Å². The maximum atomic E-state index is 4.24. The summed E-state index contributed by atoms with van der Waals surface area (Å²) >= 11 is 1.79. The van der Waals surface area contributed by atoms with Crippen LogP contribution in [0.15, 0.2) is 11.7 Å². The highest BCUT2D eigenvalue weighted by Gasteiger charge is 2.40. The topological polar surface area (TPSA) is 28.2 Å². The van der Waals surface area contributed by atoms with Crippen molar-refractivity contribution in [3.63, 3.8) is 0 Å². The molecule has 2 fully saturated rings. The molecule has 1 spiro atoms. The first kappa shape index (κ1) is 14.5. The third kappa shape index (κ3) is 3.07. The van der Waals surface area contributed by atoms with E-state index in [1.165, 1.54) is 43.5 Å². The standard InChI is InChI=1S/C16H27N3S/c1-13(2)15-9-18-16(6-4-3-5-7-16)11-19(15)10-14-8-17-12-20-14/h8,12-13,15,18H,3-7,9-11H2,1-2H3. The molecule has 0 radical (unpaired) electrons.